The summed E-state index contributed by atoms with van der Waals surface area (Å²) in [4.78, 5) is 21.8. The van der Waals surface area contributed by atoms with Gasteiger partial charge >= 0.3 is 0 Å². The highest BCUT2D eigenvalue weighted by atomic mass is 16.4. The van der Waals surface area contributed by atoms with Gasteiger partial charge in [-0.2, -0.15) is 0 Å². The van der Waals surface area contributed by atoms with E-state index in [0.717, 1.165) is 18.6 Å². The summed E-state index contributed by atoms with van der Waals surface area (Å²) in [7, 11) is 0. The molecule has 0 aromatic heterocycles. The van der Waals surface area contributed by atoms with E-state index in [0.29, 0.717) is 12.8 Å². The highest BCUT2D eigenvalue weighted by Gasteiger charge is 2.40. The summed E-state index contributed by atoms with van der Waals surface area (Å²) in [5.41, 5.74) is 1.28. The molecule has 0 aliphatic heterocycles. The lowest BCUT2D eigenvalue weighted by Crippen LogP contribution is -2.24. The van der Waals surface area contributed by atoms with E-state index < -0.39 is 5.41 Å². The predicted octanol–water partition coefficient (Wildman–Crippen LogP) is 3.14. The summed E-state index contributed by atoms with van der Waals surface area (Å²) in [5, 5.41) is 11.8. The molecule has 2 aliphatic rings. The summed E-state index contributed by atoms with van der Waals surface area (Å²) in [5.74, 6) is 0.181. The SMILES string of the molecule is C=C1CC/C(=N/O)C1(C)C.CC1(C)C(=O)CCC1=O. The van der Waals surface area contributed by atoms with E-state index in [1.807, 2.05) is 13.8 Å². The minimum Gasteiger partial charge on any atom is -0.411 e. The molecule has 0 bridgehead atoms. The van der Waals surface area contributed by atoms with Crippen LogP contribution in [0.1, 0.15) is 53.4 Å². The fourth-order valence-electron chi connectivity index (χ4n) is 2.28. The molecular weight excluding hydrogens is 242 g/mol. The van der Waals surface area contributed by atoms with Gasteiger partial charge in [-0.25, -0.2) is 0 Å². The molecule has 0 saturated heterocycles. The summed E-state index contributed by atoms with van der Waals surface area (Å²) < 4.78 is 0. The van der Waals surface area contributed by atoms with Crippen molar-refractivity contribution in [3.05, 3.63) is 12.2 Å². The Balaban J connectivity index is 0.000000191. The second-order valence-electron chi connectivity index (χ2n) is 6.25. The second-order valence-corrected chi connectivity index (χ2v) is 6.25. The average molecular weight is 265 g/mol. The molecular formula is C15H23NO3. The molecule has 0 unspecified atom stereocenters. The van der Waals surface area contributed by atoms with Crippen molar-refractivity contribution in [2.24, 2.45) is 16.0 Å². The van der Waals surface area contributed by atoms with Crippen LogP contribution in [-0.4, -0.2) is 22.5 Å². The molecule has 2 rings (SSSR count). The fourth-order valence-corrected chi connectivity index (χ4v) is 2.28. The van der Waals surface area contributed by atoms with Crippen LogP contribution >= 0.6 is 0 Å². The first kappa shape index (κ1) is 15.6. The molecule has 4 heteroatoms. The van der Waals surface area contributed by atoms with Crippen LogP contribution in [0.4, 0.5) is 0 Å². The average Bonchev–Trinajstić information content (AvgIpc) is 2.72. The maximum atomic E-state index is 10.9. The highest BCUT2D eigenvalue weighted by molar-refractivity contribution is 6.12. The van der Waals surface area contributed by atoms with Gasteiger partial charge in [0.15, 0.2) is 0 Å². The molecule has 106 valence electrons. The topological polar surface area (TPSA) is 66.7 Å². The first-order valence-electron chi connectivity index (χ1n) is 6.60. The minimum atomic E-state index is -0.667. The van der Waals surface area contributed by atoms with Crippen LogP contribution in [0, 0.1) is 10.8 Å². The molecule has 0 amide bonds. The van der Waals surface area contributed by atoms with E-state index >= 15 is 0 Å². The standard InChI is InChI=1S/C8H13NO.C7H10O2/c1-6-4-5-7(9-10)8(6,2)3;1-7(2)5(8)3-4-6(7)9/h10H,1,4-5H2,2-3H3;3-4H2,1-2H3/b9-7-;. The first-order valence-corrected chi connectivity index (χ1v) is 6.60. The zero-order valence-corrected chi connectivity index (χ0v) is 12.2. The van der Waals surface area contributed by atoms with Crippen LogP contribution < -0.4 is 0 Å². The molecule has 0 atom stereocenters. The lowest BCUT2D eigenvalue weighted by atomic mass is 9.87. The number of oxime groups is 1. The van der Waals surface area contributed by atoms with E-state index in [2.05, 4.69) is 11.7 Å². The molecule has 1 N–H and O–H groups in total. The zero-order valence-electron chi connectivity index (χ0n) is 12.2. The molecule has 0 aromatic rings. The van der Waals surface area contributed by atoms with Gasteiger partial charge in [0.25, 0.3) is 0 Å². The number of ketones is 2. The van der Waals surface area contributed by atoms with Crippen LogP contribution in [0.2, 0.25) is 0 Å². The van der Waals surface area contributed by atoms with E-state index in [1.165, 1.54) is 5.57 Å². The highest BCUT2D eigenvalue weighted by Crippen LogP contribution is 2.38. The van der Waals surface area contributed by atoms with Gasteiger partial charge in [0.1, 0.15) is 11.6 Å². The smallest absolute Gasteiger partial charge is 0.146 e. The number of carbonyl (C=O) groups excluding carboxylic acids is 2. The minimum absolute atomic E-state index is 0.0747. The van der Waals surface area contributed by atoms with E-state index in [4.69, 9.17) is 5.21 Å². The van der Waals surface area contributed by atoms with Gasteiger partial charge in [-0.15, -0.1) is 0 Å². The van der Waals surface area contributed by atoms with Gasteiger partial charge in [-0.05, 0) is 26.7 Å². The largest absolute Gasteiger partial charge is 0.411 e. The Morgan fingerprint density at radius 3 is 1.58 bits per heavy atom. The maximum Gasteiger partial charge on any atom is 0.146 e. The molecule has 2 aliphatic carbocycles. The maximum absolute atomic E-state index is 10.9. The number of nitrogens with zero attached hydrogens (tertiary/aromatic N) is 1. The number of Topliss-reactive ketones (excluding diaryl/α,β-unsaturated/α-hetero) is 2. The number of carbonyl (C=O) groups is 2. The third-order valence-electron chi connectivity index (χ3n) is 4.36. The molecule has 2 saturated carbocycles. The Kier molecular flexibility index (Phi) is 4.33. The first-order chi connectivity index (χ1) is 8.64. The van der Waals surface area contributed by atoms with Crippen molar-refractivity contribution in [2.75, 3.05) is 0 Å². The summed E-state index contributed by atoms with van der Waals surface area (Å²) in [6, 6.07) is 0. The van der Waals surface area contributed by atoms with Crippen molar-refractivity contribution in [3.8, 4) is 0 Å². The van der Waals surface area contributed by atoms with Gasteiger partial charge in [0.2, 0.25) is 0 Å². The lowest BCUT2D eigenvalue weighted by molar-refractivity contribution is -0.132. The molecule has 0 radical (unpaired) electrons. The van der Waals surface area contributed by atoms with Crippen LogP contribution in [0.5, 0.6) is 0 Å². The van der Waals surface area contributed by atoms with Gasteiger partial charge in [-0.1, -0.05) is 31.2 Å². The molecule has 0 spiro atoms. The van der Waals surface area contributed by atoms with Crippen LogP contribution in [0.25, 0.3) is 0 Å². The second kappa shape index (κ2) is 5.27. The molecule has 19 heavy (non-hydrogen) atoms. The van der Waals surface area contributed by atoms with E-state index in [1.54, 1.807) is 13.8 Å². The summed E-state index contributed by atoms with van der Waals surface area (Å²) in [6.07, 6.45) is 2.73. The quantitative estimate of drug-likeness (QED) is 0.317. The number of hydrogen-bond acceptors (Lipinski definition) is 4. The Bertz CT molecular complexity index is 426. The van der Waals surface area contributed by atoms with Crippen LogP contribution in [0.15, 0.2) is 17.3 Å². The van der Waals surface area contributed by atoms with E-state index in [9.17, 15) is 9.59 Å². The number of allylic oxidation sites excluding steroid dienone is 1. The Hall–Kier alpha value is -1.45. The van der Waals surface area contributed by atoms with Crippen molar-refractivity contribution in [2.45, 2.75) is 53.4 Å². The number of hydrogen-bond donors (Lipinski definition) is 1. The van der Waals surface area contributed by atoms with Gasteiger partial charge < -0.3 is 5.21 Å². The molecule has 0 heterocycles. The third-order valence-corrected chi connectivity index (χ3v) is 4.36. The van der Waals surface area contributed by atoms with Crippen molar-refractivity contribution in [1.29, 1.82) is 0 Å². The Morgan fingerprint density at radius 1 is 0.947 bits per heavy atom. The number of rotatable bonds is 0. The van der Waals surface area contributed by atoms with Gasteiger partial charge in [-0.3, -0.25) is 9.59 Å². The third kappa shape index (κ3) is 2.94. The predicted molar refractivity (Wildman–Crippen MR) is 74.4 cm³/mol. The Morgan fingerprint density at radius 2 is 1.42 bits per heavy atom. The molecule has 2 fully saturated rings. The van der Waals surface area contributed by atoms with Gasteiger partial charge in [0.05, 0.1) is 11.1 Å². The van der Waals surface area contributed by atoms with Crippen LogP contribution in [-0.2, 0) is 9.59 Å². The van der Waals surface area contributed by atoms with Crippen LogP contribution in [0.3, 0.4) is 0 Å². The zero-order chi connectivity index (χ0) is 14.8. The van der Waals surface area contributed by atoms with Crippen molar-refractivity contribution in [1.82, 2.24) is 0 Å². The Labute approximate surface area is 114 Å². The van der Waals surface area contributed by atoms with E-state index in [-0.39, 0.29) is 17.0 Å². The lowest BCUT2D eigenvalue weighted by Gasteiger charge is -2.18. The fraction of sp³-hybridized carbons (Fsp3) is 0.667. The normalized spacial score (nSPS) is 26.5. The van der Waals surface area contributed by atoms with Crippen molar-refractivity contribution >= 4 is 17.3 Å². The summed E-state index contributed by atoms with van der Waals surface area (Å²) >= 11 is 0. The monoisotopic (exact) mass is 265 g/mol. The van der Waals surface area contributed by atoms with Gasteiger partial charge in [0, 0.05) is 18.3 Å². The summed E-state index contributed by atoms with van der Waals surface area (Å²) in [6.45, 7) is 11.4. The van der Waals surface area contributed by atoms with Crippen molar-refractivity contribution in [3.63, 3.8) is 0 Å². The van der Waals surface area contributed by atoms with Crippen molar-refractivity contribution < 1.29 is 14.8 Å². The molecule has 0 aromatic carbocycles. The molecule has 4 nitrogen and oxygen atoms in total.